The lowest BCUT2D eigenvalue weighted by Crippen LogP contribution is -2.38. The van der Waals surface area contributed by atoms with Crippen LogP contribution in [0.1, 0.15) is 12.5 Å². The van der Waals surface area contributed by atoms with Crippen molar-refractivity contribution in [1.29, 1.82) is 0 Å². The molecule has 0 spiro atoms. The number of amides is 2. The third kappa shape index (κ3) is 5.13. The van der Waals surface area contributed by atoms with E-state index in [1.165, 1.54) is 7.11 Å². The molecule has 0 aliphatic rings. The molecule has 0 aliphatic heterocycles. The van der Waals surface area contributed by atoms with Crippen molar-refractivity contribution in [2.24, 2.45) is 11.5 Å². The summed E-state index contributed by atoms with van der Waals surface area (Å²) in [7, 11) is 1.45. The summed E-state index contributed by atoms with van der Waals surface area (Å²) >= 11 is 6.10. The number of rotatable bonds is 8. The van der Waals surface area contributed by atoms with Gasteiger partial charge in [0.15, 0.2) is 18.1 Å². The molecule has 1 unspecified atom stereocenters. The van der Waals surface area contributed by atoms with Gasteiger partial charge in [-0.3, -0.25) is 9.59 Å². The van der Waals surface area contributed by atoms with Crippen molar-refractivity contribution >= 4 is 23.4 Å². The number of carbonyl (C=O) groups excluding carboxylic acids is 2. The number of methoxy groups -OCH3 is 1. The van der Waals surface area contributed by atoms with Gasteiger partial charge in [0.05, 0.1) is 18.2 Å². The van der Waals surface area contributed by atoms with Gasteiger partial charge in [-0.15, -0.1) is 0 Å². The van der Waals surface area contributed by atoms with E-state index < -0.39 is 17.9 Å². The predicted octanol–water partition coefficient (Wildman–Crippen LogP) is 0.176. The molecule has 0 bridgehead atoms. The summed E-state index contributed by atoms with van der Waals surface area (Å²) in [5, 5.41) is 3.22. The zero-order valence-electron chi connectivity index (χ0n) is 11.8. The van der Waals surface area contributed by atoms with Crippen LogP contribution in [0.15, 0.2) is 12.1 Å². The van der Waals surface area contributed by atoms with E-state index in [2.05, 4.69) is 5.32 Å². The molecule has 0 aliphatic carbocycles. The van der Waals surface area contributed by atoms with Gasteiger partial charge in [-0.25, -0.2) is 0 Å². The van der Waals surface area contributed by atoms with Crippen molar-refractivity contribution in [3.63, 3.8) is 0 Å². The van der Waals surface area contributed by atoms with E-state index >= 15 is 0 Å². The Morgan fingerprint density at radius 3 is 2.57 bits per heavy atom. The molecule has 8 heteroatoms. The number of benzene rings is 1. The second-order valence-electron chi connectivity index (χ2n) is 4.37. The molecule has 0 aromatic heterocycles. The summed E-state index contributed by atoms with van der Waals surface area (Å²) in [6.07, 6.45) is 0. The average molecular weight is 316 g/mol. The Labute approximate surface area is 127 Å². The highest BCUT2D eigenvalue weighted by Gasteiger charge is 2.14. The first-order valence-electron chi connectivity index (χ1n) is 6.15. The summed E-state index contributed by atoms with van der Waals surface area (Å²) in [6, 6.07) is 2.85. The third-order valence-corrected chi connectivity index (χ3v) is 2.97. The third-order valence-electron chi connectivity index (χ3n) is 2.69. The van der Waals surface area contributed by atoms with E-state index in [0.717, 1.165) is 5.56 Å². The fourth-order valence-corrected chi connectivity index (χ4v) is 1.82. The van der Waals surface area contributed by atoms with Crippen LogP contribution in [0.5, 0.6) is 11.5 Å². The summed E-state index contributed by atoms with van der Waals surface area (Å²) in [5.74, 6) is -0.458. The summed E-state index contributed by atoms with van der Waals surface area (Å²) in [5.41, 5.74) is 11.0. The van der Waals surface area contributed by atoms with Crippen molar-refractivity contribution in [2.45, 2.75) is 19.5 Å². The summed E-state index contributed by atoms with van der Waals surface area (Å²) in [6.45, 7) is 1.73. The molecular formula is C13H18ClN3O4. The quantitative estimate of drug-likeness (QED) is 0.632. The van der Waals surface area contributed by atoms with Gasteiger partial charge in [0, 0.05) is 6.54 Å². The van der Waals surface area contributed by atoms with Crippen LogP contribution in [-0.4, -0.2) is 31.6 Å². The number of primary amides is 2. The van der Waals surface area contributed by atoms with Crippen LogP contribution in [-0.2, 0) is 16.1 Å². The lowest BCUT2D eigenvalue weighted by atomic mass is 10.2. The normalized spacial score (nSPS) is 11.8. The van der Waals surface area contributed by atoms with Crippen LogP contribution in [0.3, 0.4) is 0 Å². The maximum atomic E-state index is 11.0. The number of hydrogen-bond donors (Lipinski definition) is 3. The first-order valence-corrected chi connectivity index (χ1v) is 6.53. The van der Waals surface area contributed by atoms with E-state index in [-0.39, 0.29) is 17.4 Å². The first kappa shape index (κ1) is 17.1. The average Bonchev–Trinajstić information content (AvgIpc) is 2.42. The van der Waals surface area contributed by atoms with Crippen molar-refractivity contribution in [1.82, 2.24) is 5.32 Å². The van der Waals surface area contributed by atoms with E-state index in [9.17, 15) is 9.59 Å². The Bertz CT molecular complexity index is 536. The van der Waals surface area contributed by atoms with Gasteiger partial charge in [-0.05, 0) is 24.6 Å². The van der Waals surface area contributed by atoms with Gasteiger partial charge in [-0.2, -0.15) is 0 Å². The SMILES string of the molecule is COc1cc(CNC(C)C(N)=O)cc(Cl)c1OCC(N)=O. The molecular weight excluding hydrogens is 298 g/mol. The molecule has 116 valence electrons. The number of hydrogen-bond acceptors (Lipinski definition) is 5. The van der Waals surface area contributed by atoms with E-state index in [1.54, 1.807) is 19.1 Å². The van der Waals surface area contributed by atoms with Crippen LogP contribution in [0.4, 0.5) is 0 Å². The fraction of sp³-hybridized carbons (Fsp3) is 0.385. The maximum Gasteiger partial charge on any atom is 0.255 e. The van der Waals surface area contributed by atoms with Crippen LogP contribution in [0, 0.1) is 0 Å². The van der Waals surface area contributed by atoms with Gasteiger partial charge in [0.25, 0.3) is 5.91 Å². The zero-order valence-corrected chi connectivity index (χ0v) is 12.6. The Morgan fingerprint density at radius 2 is 2.05 bits per heavy atom. The molecule has 0 radical (unpaired) electrons. The molecule has 1 aromatic carbocycles. The number of nitrogens with one attached hydrogen (secondary N) is 1. The largest absolute Gasteiger partial charge is 0.493 e. The first-order chi connectivity index (χ1) is 9.85. The van der Waals surface area contributed by atoms with Crippen LogP contribution in [0.2, 0.25) is 5.02 Å². The molecule has 21 heavy (non-hydrogen) atoms. The molecule has 1 atom stereocenters. The maximum absolute atomic E-state index is 11.0. The molecule has 0 saturated carbocycles. The van der Waals surface area contributed by atoms with Gasteiger partial charge in [0.2, 0.25) is 5.91 Å². The molecule has 0 saturated heterocycles. The molecule has 1 aromatic rings. The number of ether oxygens (including phenoxy) is 2. The van der Waals surface area contributed by atoms with Crippen molar-refractivity contribution in [3.05, 3.63) is 22.7 Å². The highest BCUT2D eigenvalue weighted by atomic mass is 35.5. The predicted molar refractivity (Wildman–Crippen MR) is 78.2 cm³/mol. The minimum absolute atomic E-state index is 0.240. The standard InChI is InChI=1S/C13H18ClN3O4/c1-7(13(16)19)17-5-8-3-9(14)12(10(4-8)20-2)21-6-11(15)18/h3-4,7,17H,5-6H2,1-2H3,(H2,15,18)(H2,16,19). The highest BCUT2D eigenvalue weighted by Crippen LogP contribution is 2.36. The fourth-order valence-electron chi connectivity index (χ4n) is 1.53. The lowest BCUT2D eigenvalue weighted by Gasteiger charge is -2.15. The molecule has 0 heterocycles. The van der Waals surface area contributed by atoms with Gasteiger partial charge >= 0.3 is 0 Å². The molecule has 7 nitrogen and oxygen atoms in total. The minimum atomic E-state index is -0.617. The number of halogens is 1. The van der Waals surface area contributed by atoms with Gasteiger partial charge in [0.1, 0.15) is 0 Å². The van der Waals surface area contributed by atoms with Crippen molar-refractivity contribution < 1.29 is 19.1 Å². The topological polar surface area (TPSA) is 117 Å². The molecule has 2 amide bonds. The summed E-state index contributed by atoms with van der Waals surface area (Å²) in [4.78, 5) is 21.7. The Kier molecular flexibility index (Phi) is 6.26. The molecule has 1 rings (SSSR count). The van der Waals surface area contributed by atoms with Gasteiger partial charge < -0.3 is 26.3 Å². The van der Waals surface area contributed by atoms with E-state index in [0.29, 0.717) is 12.3 Å². The molecule has 0 fully saturated rings. The number of nitrogens with two attached hydrogens (primary N) is 2. The van der Waals surface area contributed by atoms with Crippen LogP contribution in [0.25, 0.3) is 0 Å². The number of carbonyl (C=O) groups is 2. The van der Waals surface area contributed by atoms with E-state index in [4.69, 9.17) is 32.5 Å². The smallest absolute Gasteiger partial charge is 0.255 e. The summed E-state index contributed by atoms with van der Waals surface area (Å²) < 4.78 is 10.4. The van der Waals surface area contributed by atoms with Crippen LogP contribution >= 0.6 is 11.6 Å². The van der Waals surface area contributed by atoms with E-state index in [1.807, 2.05) is 0 Å². The lowest BCUT2D eigenvalue weighted by molar-refractivity contribution is -0.120. The zero-order chi connectivity index (χ0) is 16.0. The monoisotopic (exact) mass is 315 g/mol. The minimum Gasteiger partial charge on any atom is -0.493 e. The van der Waals surface area contributed by atoms with Gasteiger partial charge in [-0.1, -0.05) is 11.6 Å². The Hall–Kier alpha value is -1.99. The second kappa shape index (κ2) is 7.70. The molecule has 5 N–H and O–H groups in total. The Balaban J connectivity index is 2.87. The second-order valence-corrected chi connectivity index (χ2v) is 4.78. The highest BCUT2D eigenvalue weighted by molar-refractivity contribution is 6.32. The Morgan fingerprint density at radius 1 is 1.38 bits per heavy atom. The van der Waals surface area contributed by atoms with Crippen molar-refractivity contribution in [2.75, 3.05) is 13.7 Å². The van der Waals surface area contributed by atoms with Crippen molar-refractivity contribution in [3.8, 4) is 11.5 Å². The van der Waals surface area contributed by atoms with Crippen LogP contribution < -0.4 is 26.3 Å².